The highest BCUT2D eigenvalue weighted by atomic mass is 35.5. The maximum atomic E-state index is 5.80. The van der Waals surface area contributed by atoms with Crippen molar-refractivity contribution in [2.75, 3.05) is 35.5 Å². The summed E-state index contributed by atoms with van der Waals surface area (Å²) in [6.45, 7) is 2.38. The van der Waals surface area contributed by atoms with Gasteiger partial charge in [0, 0.05) is 83.2 Å². The van der Waals surface area contributed by atoms with Gasteiger partial charge in [-0.3, -0.25) is 4.98 Å². The van der Waals surface area contributed by atoms with Crippen molar-refractivity contribution in [2.24, 2.45) is 0 Å². The van der Waals surface area contributed by atoms with E-state index in [1.165, 1.54) is 0 Å². The summed E-state index contributed by atoms with van der Waals surface area (Å²) in [4.78, 5) is 19.3. The molecule has 54 heavy (non-hydrogen) atoms. The Balaban J connectivity index is 0.000000338. The van der Waals surface area contributed by atoms with Crippen molar-refractivity contribution in [3.8, 4) is 0 Å². The van der Waals surface area contributed by atoms with E-state index in [4.69, 9.17) is 128 Å². The minimum absolute atomic E-state index is 0.325. The van der Waals surface area contributed by atoms with Crippen molar-refractivity contribution < 1.29 is 23.7 Å². The first-order chi connectivity index (χ1) is 25.8. The summed E-state index contributed by atoms with van der Waals surface area (Å²) >= 11 is 51.2. The van der Waals surface area contributed by atoms with Gasteiger partial charge in [0.15, 0.2) is 0 Å². The molecule has 0 aliphatic rings. The van der Waals surface area contributed by atoms with Gasteiger partial charge in [-0.15, -0.1) is 0 Å². The highest BCUT2D eigenvalue weighted by molar-refractivity contribution is 6.41. The Morgan fingerprint density at radius 2 is 1.07 bits per heavy atom. The number of aromatic nitrogens is 5. The highest BCUT2D eigenvalue weighted by Crippen LogP contribution is 2.23. The van der Waals surface area contributed by atoms with Crippen LogP contribution in [0.25, 0.3) is 0 Å². The molecule has 0 radical (unpaired) electrons. The molecule has 294 valence electrons. The molecule has 0 bridgehead atoms. The van der Waals surface area contributed by atoms with Gasteiger partial charge in [0.2, 0.25) is 0 Å². The largest absolute Gasteiger partial charge is 0.380 e. The number of nitrogens with zero attached hydrogens (tertiary/aromatic N) is 5. The van der Waals surface area contributed by atoms with E-state index >= 15 is 0 Å². The summed E-state index contributed by atoms with van der Waals surface area (Å²) in [5, 5.41) is 4.21. The number of methoxy groups -OCH3 is 5. The van der Waals surface area contributed by atoms with Crippen LogP contribution < -0.4 is 0 Å². The number of pyridine rings is 5. The van der Waals surface area contributed by atoms with E-state index in [-0.39, 0.29) is 0 Å². The smallest absolute Gasteiger partial charge is 0.147 e. The number of ether oxygens (including phenoxy) is 5. The highest BCUT2D eigenvalue weighted by Gasteiger charge is 2.05. The first-order valence-corrected chi connectivity index (χ1v) is 18.4. The van der Waals surface area contributed by atoms with Gasteiger partial charge >= 0.3 is 0 Å². The van der Waals surface area contributed by atoms with E-state index in [1.54, 1.807) is 96.9 Å². The normalized spacial score (nSPS) is 10.0. The van der Waals surface area contributed by atoms with Gasteiger partial charge in [-0.25, -0.2) is 19.9 Å². The Hall–Kier alpha value is -1.84. The second-order valence-electron chi connectivity index (χ2n) is 10.0. The molecule has 5 heterocycles. The molecule has 5 aromatic rings. The molecule has 0 saturated carbocycles. The van der Waals surface area contributed by atoms with Crippen LogP contribution in [0.3, 0.4) is 0 Å². The first-order valence-electron chi connectivity index (χ1n) is 15.0. The second-order valence-corrected chi connectivity index (χ2v) is 13.5. The van der Waals surface area contributed by atoms with E-state index in [0.29, 0.717) is 78.9 Å². The molecule has 5 rings (SSSR count). The lowest BCUT2D eigenvalue weighted by Crippen LogP contribution is -1.91. The fourth-order valence-electron chi connectivity index (χ4n) is 3.53. The van der Waals surface area contributed by atoms with Gasteiger partial charge in [-0.2, -0.15) is 0 Å². The number of hydrogen-bond donors (Lipinski definition) is 0. The number of halogens is 9. The lowest BCUT2D eigenvalue weighted by atomic mass is 10.3. The molecule has 0 saturated heterocycles. The molecule has 0 aliphatic heterocycles. The molecule has 0 aliphatic carbocycles. The van der Waals surface area contributed by atoms with E-state index in [0.717, 1.165) is 27.8 Å². The van der Waals surface area contributed by atoms with E-state index in [1.807, 2.05) is 6.07 Å². The minimum Gasteiger partial charge on any atom is -0.380 e. The van der Waals surface area contributed by atoms with E-state index in [9.17, 15) is 0 Å². The Morgan fingerprint density at radius 3 is 1.61 bits per heavy atom. The van der Waals surface area contributed by atoms with Crippen LogP contribution in [-0.2, 0) is 56.7 Å². The van der Waals surface area contributed by atoms with Crippen molar-refractivity contribution in [1.82, 2.24) is 24.9 Å². The van der Waals surface area contributed by atoms with Crippen molar-refractivity contribution >= 4 is 104 Å². The van der Waals surface area contributed by atoms with E-state index in [2.05, 4.69) is 24.9 Å². The third kappa shape index (κ3) is 20.9. The summed E-state index contributed by atoms with van der Waals surface area (Å²) in [6, 6.07) is 10.3. The molecule has 19 heteroatoms. The minimum atomic E-state index is 0.325. The fourth-order valence-corrected chi connectivity index (χ4v) is 5.30. The predicted octanol–water partition coefficient (Wildman–Crippen LogP) is 12.0. The zero-order valence-corrected chi connectivity index (χ0v) is 36.4. The van der Waals surface area contributed by atoms with E-state index < -0.39 is 0 Å². The van der Waals surface area contributed by atoms with Crippen LogP contribution in [0.15, 0.2) is 67.4 Å². The van der Waals surface area contributed by atoms with Crippen LogP contribution >= 0.6 is 104 Å². The Bertz CT molecular complexity index is 1760. The standard InChI is InChI=1S/4C7H7Cl2NO.C7H8ClNO/c1-11-4-5-3-10-7(9)2-6(5)8;1-11-4-5-2-6(8)7(9)10-3-5;1-11-4-5-6(8)2-3-10-7(5)9;1-11-4-5-2-3-6(8)10-7(5)9;1-10-5-6-2-7(8)4-9-3-6/h4*2-3H,4H2,1H3;2-4H,5H2,1H3. The monoisotopic (exact) mass is 921 g/mol. The van der Waals surface area contributed by atoms with Gasteiger partial charge < -0.3 is 23.7 Å². The Kier molecular flexibility index (Phi) is 27.3. The summed E-state index contributed by atoms with van der Waals surface area (Å²) in [5.41, 5.74) is 4.34. The number of rotatable bonds is 10. The Morgan fingerprint density at radius 1 is 0.463 bits per heavy atom. The third-order valence-corrected chi connectivity index (χ3v) is 8.53. The maximum Gasteiger partial charge on any atom is 0.147 e. The van der Waals surface area contributed by atoms with Crippen molar-refractivity contribution in [1.29, 1.82) is 0 Å². The van der Waals surface area contributed by atoms with Crippen LogP contribution in [-0.4, -0.2) is 60.5 Å². The van der Waals surface area contributed by atoms with Crippen LogP contribution in [0, 0.1) is 0 Å². The van der Waals surface area contributed by atoms with Gasteiger partial charge in [0.1, 0.15) is 25.8 Å². The molecule has 0 spiro atoms. The lowest BCUT2D eigenvalue weighted by Gasteiger charge is -2.02. The van der Waals surface area contributed by atoms with Crippen LogP contribution in [0.1, 0.15) is 27.8 Å². The summed E-state index contributed by atoms with van der Waals surface area (Å²) < 4.78 is 24.4. The fraction of sp³-hybridized carbons (Fsp3) is 0.286. The lowest BCUT2D eigenvalue weighted by molar-refractivity contribution is 0.184. The molecule has 0 atom stereocenters. The maximum absolute atomic E-state index is 5.80. The number of hydrogen-bond acceptors (Lipinski definition) is 10. The van der Waals surface area contributed by atoms with Crippen molar-refractivity contribution in [3.05, 3.63) is 141 Å². The molecule has 0 fully saturated rings. The molecule has 0 aromatic carbocycles. The van der Waals surface area contributed by atoms with Crippen LogP contribution in [0.2, 0.25) is 45.9 Å². The van der Waals surface area contributed by atoms with Gasteiger partial charge in [-0.1, -0.05) is 110 Å². The molecular weight excluding hydrogens is 889 g/mol. The summed E-state index contributed by atoms with van der Waals surface area (Å²) in [5.74, 6) is 0. The van der Waals surface area contributed by atoms with Crippen molar-refractivity contribution in [2.45, 2.75) is 33.0 Å². The second kappa shape index (κ2) is 29.4. The average molecular weight is 926 g/mol. The zero-order chi connectivity index (χ0) is 40.5. The van der Waals surface area contributed by atoms with Crippen LogP contribution in [0.5, 0.6) is 0 Å². The first kappa shape index (κ1) is 50.2. The molecular formula is C35H36Cl9N5O5. The van der Waals surface area contributed by atoms with Gasteiger partial charge in [0.25, 0.3) is 0 Å². The average Bonchev–Trinajstić information content (AvgIpc) is 3.12. The third-order valence-electron chi connectivity index (χ3n) is 5.86. The molecule has 5 aromatic heterocycles. The van der Waals surface area contributed by atoms with Gasteiger partial charge in [-0.05, 0) is 41.5 Å². The van der Waals surface area contributed by atoms with Crippen molar-refractivity contribution in [3.63, 3.8) is 0 Å². The molecule has 0 amide bonds. The summed E-state index contributed by atoms with van der Waals surface area (Å²) in [7, 11) is 8.04. The predicted molar refractivity (Wildman–Crippen MR) is 220 cm³/mol. The molecule has 0 unspecified atom stereocenters. The topological polar surface area (TPSA) is 111 Å². The summed E-state index contributed by atoms with van der Waals surface area (Å²) in [6.07, 6.45) is 8.13. The molecule has 0 N–H and O–H groups in total. The van der Waals surface area contributed by atoms with Crippen LogP contribution in [0.4, 0.5) is 0 Å². The SMILES string of the molecule is COCc1c(Cl)ccnc1Cl.COCc1ccc(Cl)nc1Cl.COCc1cnc(Cl)c(Cl)c1.COCc1cnc(Cl)cc1Cl.COCc1cncc(Cl)c1. The Labute approximate surface area is 360 Å². The molecule has 10 nitrogen and oxygen atoms in total. The quantitative estimate of drug-likeness (QED) is 0.126. The van der Waals surface area contributed by atoms with Gasteiger partial charge in [0.05, 0.1) is 53.1 Å². The zero-order valence-electron chi connectivity index (χ0n) is 29.6.